The third-order valence-electron chi connectivity index (χ3n) is 4.16. The predicted octanol–water partition coefficient (Wildman–Crippen LogP) is 4.26. The molecule has 2 rings (SSSR count). The molecule has 20 heavy (non-hydrogen) atoms. The molecule has 0 bridgehead atoms. The van der Waals surface area contributed by atoms with Gasteiger partial charge in [0.15, 0.2) is 0 Å². The van der Waals surface area contributed by atoms with Gasteiger partial charge in [-0.1, -0.05) is 49.6 Å². The van der Waals surface area contributed by atoms with Crippen molar-refractivity contribution in [1.82, 2.24) is 10.2 Å². The van der Waals surface area contributed by atoms with Gasteiger partial charge < -0.3 is 10.2 Å². The van der Waals surface area contributed by atoms with Crippen LogP contribution in [0.1, 0.15) is 50.6 Å². The first kappa shape index (κ1) is 15.8. The molecule has 1 fully saturated rings. The van der Waals surface area contributed by atoms with Gasteiger partial charge in [0.2, 0.25) is 0 Å². The summed E-state index contributed by atoms with van der Waals surface area (Å²) in [6.45, 7) is 6.84. The van der Waals surface area contributed by atoms with E-state index in [1.54, 1.807) is 0 Å². The lowest BCUT2D eigenvalue weighted by atomic mass is 10.0. The molecule has 1 aliphatic heterocycles. The minimum Gasteiger partial charge on any atom is -0.310 e. The molecule has 1 aliphatic rings. The van der Waals surface area contributed by atoms with E-state index in [9.17, 15) is 0 Å². The van der Waals surface area contributed by atoms with Crippen molar-refractivity contribution in [2.45, 2.75) is 45.1 Å². The van der Waals surface area contributed by atoms with Crippen LogP contribution in [-0.4, -0.2) is 31.1 Å². The van der Waals surface area contributed by atoms with Crippen molar-refractivity contribution in [2.24, 2.45) is 0 Å². The number of benzene rings is 1. The number of likely N-dealkylation sites (tertiary alicyclic amines) is 1. The number of halogens is 1. The van der Waals surface area contributed by atoms with Gasteiger partial charge in [0.05, 0.1) is 0 Å². The molecule has 2 nitrogen and oxygen atoms in total. The molecule has 1 N–H and O–H groups in total. The Morgan fingerprint density at radius 3 is 2.50 bits per heavy atom. The molecular formula is C17H27ClN2. The number of hydrogen-bond donors (Lipinski definition) is 1. The van der Waals surface area contributed by atoms with Crippen LogP contribution in [0, 0.1) is 0 Å². The first-order valence-corrected chi connectivity index (χ1v) is 8.39. The van der Waals surface area contributed by atoms with E-state index >= 15 is 0 Å². The van der Waals surface area contributed by atoms with Crippen LogP contribution in [0.3, 0.4) is 0 Å². The monoisotopic (exact) mass is 294 g/mol. The molecule has 1 aromatic rings. The van der Waals surface area contributed by atoms with Crippen molar-refractivity contribution in [2.75, 3.05) is 26.2 Å². The van der Waals surface area contributed by atoms with Crippen molar-refractivity contribution < 1.29 is 0 Å². The molecule has 1 atom stereocenters. The van der Waals surface area contributed by atoms with Crippen LogP contribution in [0.25, 0.3) is 0 Å². The molecule has 0 aromatic heterocycles. The fraction of sp³-hybridized carbons (Fsp3) is 0.647. The average molecular weight is 295 g/mol. The number of nitrogens with one attached hydrogen (secondary N) is 1. The number of hydrogen-bond acceptors (Lipinski definition) is 2. The Balaban J connectivity index is 1.93. The normalized spacial score (nSPS) is 18.7. The molecule has 1 aromatic carbocycles. The second-order valence-electron chi connectivity index (χ2n) is 5.68. The summed E-state index contributed by atoms with van der Waals surface area (Å²) in [5, 5.41) is 4.47. The third kappa shape index (κ3) is 4.76. The average Bonchev–Trinajstić information content (AvgIpc) is 2.73. The fourth-order valence-electron chi connectivity index (χ4n) is 3.04. The van der Waals surface area contributed by atoms with Crippen LogP contribution in [0.4, 0.5) is 0 Å². The maximum atomic E-state index is 6.35. The molecular weight excluding hydrogens is 268 g/mol. The quantitative estimate of drug-likeness (QED) is 0.843. The van der Waals surface area contributed by atoms with Gasteiger partial charge in [0, 0.05) is 11.1 Å². The third-order valence-corrected chi connectivity index (χ3v) is 4.51. The Morgan fingerprint density at radius 1 is 1.15 bits per heavy atom. The van der Waals surface area contributed by atoms with E-state index < -0.39 is 0 Å². The standard InChI is InChI=1S/C17H27ClN2/c1-2-19-17(15-9-5-6-10-16(15)18)11-14-20-12-7-3-4-8-13-20/h5-6,9-10,17,19H,2-4,7-8,11-14H2,1H3. The molecule has 1 heterocycles. The molecule has 0 spiro atoms. The van der Waals surface area contributed by atoms with E-state index in [1.165, 1.54) is 50.9 Å². The number of nitrogens with zero attached hydrogens (tertiary/aromatic N) is 1. The maximum Gasteiger partial charge on any atom is 0.0453 e. The molecule has 0 aliphatic carbocycles. The highest BCUT2D eigenvalue weighted by molar-refractivity contribution is 6.31. The Morgan fingerprint density at radius 2 is 1.85 bits per heavy atom. The van der Waals surface area contributed by atoms with Crippen molar-refractivity contribution in [3.63, 3.8) is 0 Å². The summed E-state index contributed by atoms with van der Waals surface area (Å²) < 4.78 is 0. The molecule has 0 saturated carbocycles. The highest BCUT2D eigenvalue weighted by Gasteiger charge is 2.16. The van der Waals surface area contributed by atoms with Crippen LogP contribution >= 0.6 is 11.6 Å². The van der Waals surface area contributed by atoms with E-state index in [1.807, 2.05) is 12.1 Å². The second-order valence-corrected chi connectivity index (χ2v) is 6.08. The molecule has 1 saturated heterocycles. The molecule has 0 amide bonds. The Labute approximate surface area is 128 Å². The van der Waals surface area contributed by atoms with Crippen molar-refractivity contribution in [1.29, 1.82) is 0 Å². The van der Waals surface area contributed by atoms with Gasteiger partial charge in [0.1, 0.15) is 0 Å². The summed E-state index contributed by atoms with van der Waals surface area (Å²) >= 11 is 6.35. The largest absolute Gasteiger partial charge is 0.310 e. The highest BCUT2D eigenvalue weighted by Crippen LogP contribution is 2.25. The van der Waals surface area contributed by atoms with E-state index in [0.29, 0.717) is 6.04 Å². The van der Waals surface area contributed by atoms with Gasteiger partial charge in [-0.15, -0.1) is 0 Å². The lowest BCUT2D eigenvalue weighted by Gasteiger charge is -2.25. The summed E-state index contributed by atoms with van der Waals surface area (Å²) in [5.74, 6) is 0. The van der Waals surface area contributed by atoms with Crippen LogP contribution in [-0.2, 0) is 0 Å². The fourth-order valence-corrected chi connectivity index (χ4v) is 3.31. The lowest BCUT2D eigenvalue weighted by molar-refractivity contribution is 0.266. The van der Waals surface area contributed by atoms with Crippen LogP contribution in [0.15, 0.2) is 24.3 Å². The summed E-state index contributed by atoms with van der Waals surface area (Å²) in [4.78, 5) is 2.62. The van der Waals surface area contributed by atoms with Gasteiger partial charge in [-0.2, -0.15) is 0 Å². The predicted molar refractivity (Wildman–Crippen MR) is 87.4 cm³/mol. The Kier molecular flexibility index (Phi) is 6.85. The first-order valence-electron chi connectivity index (χ1n) is 8.01. The highest BCUT2D eigenvalue weighted by atomic mass is 35.5. The summed E-state index contributed by atoms with van der Waals surface area (Å²) in [6, 6.07) is 8.60. The zero-order valence-electron chi connectivity index (χ0n) is 12.6. The molecule has 0 radical (unpaired) electrons. The number of rotatable bonds is 6. The molecule has 1 unspecified atom stereocenters. The van der Waals surface area contributed by atoms with Crippen LogP contribution < -0.4 is 5.32 Å². The van der Waals surface area contributed by atoms with Gasteiger partial charge in [0.25, 0.3) is 0 Å². The molecule has 3 heteroatoms. The topological polar surface area (TPSA) is 15.3 Å². The van der Waals surface area contributed by atoms with Crippen molar-refractivity contribution >= 4 is 11.6 Å². The van der Waals surface area contributed by atoms with E-state index in [2.05, 4.69) is 29.3 Å². The minimum atomic E-state index is 0.372. The summed E-state index contributed by atoms with van der Waals surface area (Å²) in [5.41, 5.74) is 1.24. The zero-order chi connectivity index (χ0) is 14.2. The zero-order valence-corrected chi connectivity index (χ0v) is 13.3. The lowest BCUT2D eigenvalue weighted by Crippen LogP contribution is -2.30. The van der Waals surface area contributed by atoms with Crippen molar-refractivity contribution in [3.8, 4) is 0 Å². The Hall–Kier alpha value is -0.570. The Bertz CT molecular complexity index is 386. The van der Waals surface area contributed by atoms with E-state index in [4.69, 9.17) is 11.6 Å². The van der Waals surface area contributed by atoms with Gasteiger partial charge in [-0.3, -0.25) is 0 Å². The summed E-state index contributed by atoms with van der Waals surface area (Å²) in [7, 11) is 0. The van der Waals surface area contributed by atoms with Crippen LogP contribution in [0.2, 0.25) is 5.02 Å². The maximum absolute atomic E-state index is 6.35. The van der Waals surface area contributed by atoms with Gasteiger partial charge >= 0.3 is 0 Å². The minimum absolute atomic E-state index is 0.372. The molecule has 112 valence electrons. The summed E-state index contributed by atoms with van der Waals surface area (Å²) in [6.07, 6.45) is 6.66. The second kappa shape index (κ2) is 8.66. The SMILES string of the molecule is CCNC(CCN1CCCCCC1)c1ccccc1Cl. The smallest absolute Gasteiger partial charge is 0.0453 e. The first-order chi connectivity index (χ1) is 9.81. The van der Waals surface area contributed by atoms with E-state index in [-0.39, 0.29) is 0 Å². The van der Waals surface area contributed by atoms with Crippen LogP contribution in [0.5, 0.6) is 0 Å². The van der Waals surface area contributed by atoms with Gasteiger partial charge in [-0.05, 0) is 57.1 Å². The van der Waals surface area contributed by atoms with Gasteiger partial charge in [-0.25, -0.2) is 0 Å². The van der Waals surface area contributed by atoms with Crippen molar-refractivity contribution in [3.05, 3.63) is 34.9 Å². The van der Waals surface area contributed by atoms with E-state index in [0.717, 1.165) is 18.0 Å².